The maximum Gasteiger partial charge on any atom is 0.0121 e. The van der Waals surface area contributed by atoms with Gasteiger partial charge >= 0.3 is 0 Å². The Morgan fingerprint density at radius 2 is 1.41 bits per heavy atom. The van der Waals surface area contributed by atoms with Crippen molar-refractivity contribution in [3.63, 3.8) is 0 Å². The Hall–Kier alpha value is -0.120. The lowest BCUT2D eigenvalue weighted by molar-refractivity contribution is 0.0668. The molecule has 102 valence electrons. The molecule has 17 heavy (non-hydrogen) atoms. The van der Waals surface area contributed by atoms with Crippen LogP contribution in [0.25, 0.3) is 0 Å². The van der Waals surface area contributed by atoms with Gasteiger partial charge in [0.15, 0.2) is 0 Å². The Bertz CT molecular complexity index is 180. The van der Waals surface area contributed by atoms with Crippen LogP contribution in [0, 0.1) is 0 Å². The molecule has 2 heterocycles. The summed E-state index contributed by atoms with van der Waals surface area (Å²) in [6.07, 6.45) is 2.76. The molecule has 0 aromatic rings. The van der Waals surface area contributed by atoms with Crippen LogP contribution < -0.4 is 0 Å². The lowest BCUT2D eigenvalue weighted by atomic mass is 10.0. The van der Waals surface area contributed by atoms with Crippen LogP contribution in [-0.2, 0) is 0 Å². The molecule has 0 saturated carbocycles. The van der Waals surface area contributed by atoms with Crippen LogP contribution in [0.5, 0.6) is 0 Å². The van der Waals surface area contributed by atoms with E-state index < -0.39 is 0 Å². The predicted octanol–water partition coefficient (Wildman–Crippen LogP) is 1.74. The van der Waals surface area contributed by atoms with Crippen LogP contribution in [0.2, 0.25) is 0 Å². The Labute approximate surface area is 108 Å². The van der Waals surface area contributed by atoms with Gasteiger partial charge in [-0.15, -0.1) is 0 Å². The van der Waals surface area contributed by atoms with Crippen LogP contribution in [0.4, 0.5) is 0 Å². The monoisotopic (exact) mass is 241 g/mol. The fourth-order valence-corrected chi connectivity index (χ4v) is 2.80. The average molecular weight is 241 g/mol. The van der Waals surface area contributed by atoms with Crippen molar-refractivity contribution >= 4 is 0 Å². The molecule has 0 aromatic carbocycles. The molecule has 3 nitrogen and oxygen atoms in total. The molecular formula is C14H31N3. The summed E-state index contributed by atoms with van der Waals surface area (Å²) in [5, 5.41) is 0. The molecule has 0 amide bonds. The van der Waals surface area contributed by atoms with Crippen molar-refractivity contribution in [2.75, 3.05) is 52.9 Å². The minimum absolute atomic E-state index is 0.875. The van der Waals surface area contributed by atoms with E-state index in [1.54, 1.807) is 0 Å². The quantitative estimate of drug-likeness (QED) is 0.729. The largest absolute Gasteiger partial charge is 0.306 e. The number of likely N-dealkylation sites (N-methyl/N-ethyl adjacent to an activating group) is 1. The molecule has 0 unspecified atom stereocenters. The standard InChI is InChI=1S/C12H25N3.C2H6/c1-3-14-8-10-15(11-9-14)12-4-6-13(2)7-5-12;1-2/h12H,3-11H2,1-2H3;1-2H3. The van der Waals surface area contributed by atoms with Crippen molar-refractivity contribution in [2.24, 2.45) is 0 Å². The summed E-state index contributed by atoms with van der Waals surface area (Å²) < 4.78 is 0. The van der Waals surface area contributed by atoms with E-state index in [2.05, 4.69) is 28.7 Å². The maximum absolute atomic E-state index is 2.72. The van der Waals surface area contributed by atoms with Gasteiger partial charge in [-0.3, -0.25) is 4.90 Å². The summed E-state index contributed by atoms with van der Waals surface area (Å²) in [6, 6.07) is 0.875. The van der Waals surface area contributed by atoms with E-state index in [9.17, 15) is 0 Å². The van der Waals surface area contributed by atoms with Crippen LogP contribution in [0.3, 0.4) is 0 Å². The highest BCUT2D eigenvalue weighted by molar-refractivity contribution is 4.82. The molecular weight excluding hydrogens is 210 g/mol. The zero-order valence-corrected chi connectivity index (χ0v) is 12.3. The molecule has 2 fully saturated rings. The molecule has 2 rings (SSSR count). The Morgan fingerprint density at radius 3 is 1.88 bits per heavy atom. The van der Waals surface area contributed by atoms with E-state index in [-0.39, 0.29) is 0 Å². The van der Waals surface area contributed by atoms with E-state index in [4.69, 9.17) is 0 Å². The fraction of sp³-hybridized carbons (Fsp3) is 1.00. The molecule has 3 heteroatoms. The van der Waals surface area contributed by atoms with Gasteiger partial charge in [0, 0.05) is 32.2 Å². The van der Waals surface area contributed by atoms with Gasteiger partial charge in [-0.2, -0.15) is 0 Å². The van der Waals surface area contributed by atoms with Gasteiger partial charge in [0.25, 0.3) is 0 Å². The maximum atomic E-state index is 2.72. The van der Waals surface area contributed by atoms with E-state index in [1.165, 1.54) is 58.7 Å². The summed E-state index contributed by atoms with van der Waals surface area (Å²) >= 11 is 0. The van der Waals surface area contributed by atoms with Crippen molar-refractivity contribution in [1.29, 1.82) is 0 Å². The summed E-state index contributed by atoms with van der Waals surface area (Å²) in [5.74, 6) is 0. The van der Waals surface area contributed by atoms with Crippen molar-refractivity contribution in [3.05, 3.63) is 0 Å². The number of piperidine rings is 1. The molecule has 2 saturated heterocycles. The van der Waals surface area contributed by atoms with E-state index in [0.29, 0.717) is 0 Å². The minimum atomic E-state index is 0.875. The highest BCUT2D eigenvalue weighted by Crippen LogP contribution is 2.17. The van der Waals surface area contributed by atoms with E-state index >= 15 is 0 Å². The normalized spacial score (nSPS) is 25.4. The first-order chi connectivity index (χ1) is 8.29. The Morgan fingerprint density at radius 1 is 0.882 bits per heavy atom. The van der Waals surface area contributed by atoms with E-state index in [1.807, 2.05) is 13.8 Å². The average Bonchev–Trinajstić information content (AvgIpc) is 2.42. The first kappa shape index (κ1) is 14.9. The van der Waals surface area contributed by atoms with Gasteiger partial charge < -0.3 is 9.80 Å². The lowest BCUT2D eigenvalue weighted by Crippen LogP contribution is -2.52. The van der Waals surface area contributed by atoms with Gasteiger partial charge in [0.1, 0.15) is 0 Å². The molecule has 0 bridgehead atoms. The van der Waals surface area contributed by atoms with Crippen LogP contribution in [0.15, 0.2) is 0 Å². The third-order valence-electron chi connectivity index (χ3n) is 4.06. The van der Waals surface area contributed by atoms with Gasteiger partial charge in [0.05, 0.1) is 0 Å². The van der Waals surface area contributed by atoms with Gasteiger partial charge in [0.2, 0.25) is 0 Å². The Balaban J connectivity index is 0.000000686. The molecule has 0 atom stereocenters. The molecule has 2 aliphatic rings. The summed E-state index contributed by atoms with van der Waals surface area (Å²) in [5.41, 5.74) is 0. The third kappa shape index (κ3) is 4.57. The van der Waals surface area contributed by atoms with E-state index in [0.717, 1.165) is 6.04 Å². The molecule has 2 aliphatic heterocycles. The van der Waals surface area contributed by atoms with Gasteiger partial charge in [-0.05, 0) is 39.5 Å². The number of piperazine rings is 1. The fourth-order valence-electron chi connectivity index (χ4n) is 2.80. The second kappa shape index (κ2) is 8.06. The van der Waals surface area contributed by atoms with Gasteiger partial charge in [-0.1, -0.05) is 20.8 Å². The van der Waals surface area contributed by atoms with Crippen molar-refractivity contribution < 1.29 is 0 Å². The smallest absolute Gasteiger partial charge is 0.0121 e. The Kier molecular flexibility index (Phi) is 7.09. The first-order valence-corrected chi connectivity index (χ1v) is 7.44. The lowest BCUT2D eigenvalue weighted by Gasteiger charge is -2.42. The number of likely N-dealkylation sites (tertiary alicyclic amines) is 1. The number of hydrogen-bond donors (Lipinski definition) is 0. The summed E-state index contributed by atoms with van der Waals surface area (Å²) in [4.78, 5) is 7.74. The number of hydrogen-bond acceptors (Lipinski definition) is 3. The highest BCUT2D eigenvalue weighted by atomic mass is 15.3. The predicted molar refractivity (Wildman–Crippen MR) is 75.6 cm³/mol. The van der Waals surface area contributed by atoms with Crippen molar-refractivity contribution in [3.8, 4) is 0 Å². The topological polar surface area (TPSA) is 9.72 Å². The molecule has 0 N–H and O–H groups in total. The van der Waals surface area contributed by atoms with Crippen LogP contribution in [0.1, 0.15) is 33.6 Å². The van der Waals surface area contributed by atoms with Crippen LogP contribution >= 0.6 is 0 Å². The number of nitrogens with zero attached hydrogens (tertiary/aromatic N) is 3. The summed E-state index contributed by atoms with van der Waals surface area (Å²) in [6.45, 7) is 15.2. The molecule has 0 aliphatic carbocycles. The SMILES string of the molecule is CC.CCN1CCN(C2CCN(C)CC2)CC1. The first-order valence-electron chi connectivity index (χ1n) is 7.44. The molecule has 0 radical (unpaired) electrons. The second-order valence-corrected chi connectivity index (χ2v) is 5.00. The summed E-state index contributed by atoms with van der Waals surface area (Å²) in [7, 11) is 2.24. The number of rotatable bonds is 2. The highest BCUT2D eigenvalue weighted by Gasteiger charge is 2.25. The van der Waals surface area contributed by atoms with Crippen molar-refractivity contribution in [1.82, 2.24) is 14.7 Å². The van der Waals surface area contributed by atoms with Gasteiger partial charge in [-0.25, -0.2) is 0 Å². The third-order valence-corrected chi connectivity index (χ3v) is 4.06. The molecule has 0 spiro atoms. The zero-order chi connectivity index (χ0) is 12.7. The van der Waals surface area contributed by atoms with Crippen molar-refractivity contribution in [2.45, 2.75) is 39.7 Å². The minimum Gasteiger partial charge on any atom is -0.306 e. The zero-order valence-electron chi connectivity index (χ0n) is 12.3. The molecule has 0 aromatic heterocycles. The second-order valence-electron chi connectivity index (χ2n) is 5.00. The van der Waals surface area contributed by atoms with Crippen LogP contribution in [-0.4, -0.2) is 73.6 Å².